The highest BCUT2D eigenvalue weighted by atomic mass is 32.2. The minimum atomic E-state index is -3.53. The molecule has 0 radical (unpaired) electrons. The molecule has 3 aromatic rings. The first-order valence-electron chi connectivity index (χ1n) is 9.34. The summed E-state index contributed by atoms with van der Waals surface area (Å²) in [6.07, 6.45) is 8.75. The summed E-state index contributed by atoms with van der Waals surface area (Å²) in [6, 6.07) is 12.6. The highest BCUT2D eigenvalue weighted by Gasteiger charge is 2.24. The molecule has 8 heteroatoms. The van der Waals surface area contributed by atoms with Gasteiger partial charge < -0.3 is 0 Å². The topological polar surface area (TPSA) is 80.1 Å². The normalized spacial score (nSPS) is 16.3. The number of nitrogens with zero attached hydrogens (tertiary/aromatic N) is 4. The Kier molecular flexibility index (Phi) is 5.52. The summed E-state index contributed by atoms with van der Waals surface area (Å²) in [5.41, 5.74) is 2.01. The van der Waals surface area contributed by atoms with Gasteiger partial charge in [-0.1, -0.05) is 6.07 Å². The number of hydrogen-bond acceptors (Lipinski definition) is 5. The zero-order valence-electron chi connectivity index (χ0n) is 15.5. The predicted molar refractivity (Wildman–Crippen MR) is 106 cm³/mol. The highest BCUT2D eigenvalue weighted by Crippen LogP contribution is 2.18. The van der Waals surface area contributed by atoms with Gasteiger partial charge in [0.1, 0.15) is 0 Å². The summed E-state index contributed by atoms with van der Waals surface area (Å²) >= 11 is 0. The Hall–Kier alpha value is -2.55. The summed E-state index contributed by atoms with van der Waals surface area (Å²) in [4.78, 5) is 6.76. The molecule has 0 aliphatic carbocycles. The molecule has 0 unspecified atom stereocenters. The molecule has 0 bridgehead atoms. The van der Waals surface area contributed by atoms with Crippen molar-refractivity contribution in [3.8, 4) is 5.69 Å². The maximum atomic E-state index is 12.7. The van der Waals surface area contributed by atoms with Crippen LogP contribution in [0.25, 0.3) is 5.69 Å². The van der Waals surface area contributed by atoms with Crippen molar-refractivity contribution in [3.63, 3.8) is 0 Å². The standard InChI is InChI=1S/C20H23N5O2S/c26-28(27,20-6-4-19(5-7-20)25-12-2-11-22-25)23-18-8-13-24(14-9-18)16-17-3-1-10-21-15-17/h1-7,10-12,15,18,23H,8-9,13-14,16H2. The summed E-state index contributed by atoms with van der Waals surface area (Å²) < 4.78 is 30.0. The number of nitrogens with one attached hydrogen (secondary N) is 1. The quantitative estimate of drug-likeness (QED) is 0.690. The van der Waals surface area contributed by atoms with E-state index in [2.05, 4.69) is 25.8 Å². The molecular formula is C20H23N5O2S. The number of aromatic nitrogens is 3. The van der Waals surface area contributed by atoms with Crippen LogP contribution >= 0.6 is 0 Å². The van der Waals surface area contributed by atoms with Crippen LogP contribution in [0, 0.1) is 0 Å². The van der Waals surface area contributed by atoms with E-state index in [9.17, 15) is 8.42 Å². The zero-order chi connectivity index (χ0) is 19.4. The van der Waals surface area contributed by atoms with E-state index in [1.54, 1.807) is 41.3 Å². The largest absolute Gasteiger partial charge is 0.299 e. The van der Waals surface area contributed by atoms with Gasteiger partial charge in [-0.15, -0.1) is 0 Å². The number of pyridine rings is 1. The van der Waals surface area contributed by atoms with E-state index in [-0.39, 0.29) is 10.9 Å². The number of sulfonamides is 1. The molecule has 1 saturated heterocycles. The smallest absolute Gasteiger partial charge is 0.240 e. The number of hydrogen-bond donors (Lipinski definition) is 1. The molecule has 3 heterocycles. The molecule has 0 saturated carbocycles. The van der Waals surface area contributed by atoms with Gasteiger partial charge in [0.2, 0.25) is 10.0 Å². The third-order valence-electron chi connectivity index (χ3n) is 4.95. The fourth-order valence-electron chi connectivity index (χ4n) is 3.45. The van der Waals surface area contributed by atoms with Crippen molar-refractivity contribution >= 4 is 10.0 Å². The zero-order valence-corrected chi connectivity index (χ0v) is 16.3. The molecule has 7 nitrogen and oxygen atoms in total. The van der Waals surface area contributed by atoms with E-state index in [0.717, 1.165) is 38.2 Å². The van der Waals surface area contributed by atoms with Crippen LogP contribution in [-0.2, 0) is 16.6 Å². The fraction of sp³-hybridized carbons (Fsp3) is 0.300. The molecule has 0 atom stereocenters. The highest BCUT2D eigenvalue weighted by molar-refractivity contribution is 7.89. The first kappa shape index (κ1) is 18.8. The lowest BCUT2D eigenvalue weighted by Gasteiger charge is -2.32. The Labute approximate surface area is 165 Å². The van der Waals surface area contributed by atoms with E-state index in [1.807, 2.05) is 24.5 Å². The van der Waals surface area contributed by atoms with Crippen molar-refractivity contribution < 1.29 is 8.42 Å². The van der Waals surface area contributed by atoms with Crippen LogP contribution in [0.15, 0.2) is 72.1 Å². The Bertz CT molecular complexity index is 981. The van der Waals surface area contributed by atoms with Gasteiger partial charge in [0.25, 0.3) is 0 Å². The SMILES string of the molecule is O=S(=O)(NC1CCN(Cc2cccnc2)CC1)c1ccc(-n2cccn2)cc1. The van der Waals surface area contributed by atoms with Gasteiger partial charge in [-0.3, -0.25) is 9.88 Å². The predicted octanol–water partition coefficient (Wildman–Crippen LogP) is 2.21. The van der Waals surface area contributed by atoms with Crippen molar-refractivity contribution in [1.29, 1.82) is 0 Å². The Morgan fingerprint density at radius 2 is 1.82 bits per heavy atom. The number of benzene rings is 1. The van der Waals surface area contributed by atoms with Gasteiger partial charge in [-0.05, 0) is 54.8 Å². The van der Waals surface area contributed by atoms with Crippen LogP contribution < -0.4 is 4.72 Å². The maximum absolute atomic E-state index is 12.7. The summed E-state index contributed by atoms with van der Waals surface area (Å²) in [6.45, 7) is 2.57. The molecular weight excluding hydrogens is 374 g/mol. The average Bonchev–Trinajstić information content (AvgIpc) is 3.25. The Balaban J connectivity index is 1.34. The van der Waals surface area contributed by atoms with Gasteiger partial charge >= 0.3 is 0 Å². The van der Waals surface area contributed by atoms with E-state index < -0.39 is 10.0 Å². The summed E-state index contributed by atoms with van der Waals surface area (Å²) in [7, 11) is -3.53. The number of likely N-dealkylation sites (tertiary alicyclic amines) is 1. The first-order chi connectivity index (χ1) is 13.6. The molecule has 4 rings (SSSR count). The van der Waals surface area contributed by atoms with Crippen molar-refractivity contribution in [1.82, 2.24) is 24.4 Å². The fourth-order valence-corrected chi connectivity index (χ4v) is 4.75. The lowest BCUT2D eigenvalue weighted by Crippen LogP contribution is -2.44. The summed E-state index contributed by atoms with van der Waals surface area (Å²) in [5.74, 6) is 0. The van der Waals surface area contributed by atoms with Crippen molar-refractivity contribution in [2.45, 2.75) is 30.3 Å². The van der Waals surface area contributed by atoms with Crippen LogP contribution in [0.5, 0.6) is 0 Å². The minimum absolute atomic E-state index is 0.0408. The minimum Gasteiger partial charge on any atom is -0.299 e. The van der Waals surface area contributed by atoms with Gasteiger partial charge in [-0.25, -0.2) is 17.8 Å². The van der Waals surface area contributed by atoms with E-state index in [0.29, 0.717) is 0 Å². The van der Waals surface area contributed by atoms with Crippen molar-refractivity contribution in [2.75, 3.05) is 13.1 Å². The van der Waals surface area contributed by atoms with Crippen LogP contribution in [-0.4, -0.2) is 47.2 Å². The van der Waals surface area contributed by atoms with Crippen LogP contribution in [0.1, 0.15) is 18.4 Å². The third-order valence-corrected chi connectivity index (χ3v) is 6.49. The second-order valence-electron chi connectivity index (χ2n) is 6.98. The maximum Gasteiger partial charge on any atom is 0.240 e. The molecule has 1 aliphatic heterocycles. The monoisotopic (exact) mass is 397 g/mol. The molecule has 0 spiro atoms. The lowest BCUT2D eigenvalue weighted by atomic mass is 10.1. The Morgan fingerprint density at radius 1 is 1.04 bits per heavy atom. The van der Waals surface area contributed by atoms with E-state index in [1.165, 1.54) is 5.56 Å². The lowest BCUT2D eigenvalue weighted by molar-refractivity contribution is 0.200. The first-order valence-corrected chi connectivity index (χ1v) is 10.8. The van der Waals surface area contributed by atoms with Crippen molar-refractivity contribution in [2.24, 2.45) is 0 Å². The molecule has 146 valence electrons. The van der Waals surface area contributed by atoms with Crippen LogP contribution in [0.4, 0.5) is 0 Å². The summed E-state index contributed by atoms with van der Waals surface area (Å²) in [5, 5.41) is 4.15. The van der Waals surface area contributed by atoms with Gasteiger partial charge in [-0.2, -0.15) is 5.10 Å². The van der Waals surface area contributed by atoms with Crippen LogP contribution in [0.2, 0.25) is 0 Å². The molecule has 1 aromatic carbocycles. The van der Waals surface area contributed by atoms with E-state index in [4.69, 9.17) is 0 Å². The molecule has 0 amide bonds. The van der Waals surface area contributed by atoms with Crippen molar-refractivity contribution in [3.05, 3.63) is 72.8 Å². The molecule has 1 aliphatic rings. The number of rotatable bonds is 6. The van der Waals surface area contributed by atoms with Gasteiger partial charge in [0, 0.05) is 50.5 Å². The van der Waals surface area contributed by atoms with Crippen LogP contribution in [0.3, 0.4) is 0 Å². The van der Waals surface area contributed by atoms with Gasteiger partial charge in [0.15, 0.2) is 0 Å². The second-order valence-corrected chi connectivity index (χ2v) is 8.69. The number of piperidine rings is 1. The molecule has 2 aromatic heterocycles. The third kappa shape index (κ3) is 4.46. The molecule has 1 N–H and O–H groups in total. The molecule has 1 fully saturated rings. The van der Waals surface area contributed by atoms with Gasteiger partial charge in [0.05, 0.1) is 10.6 Å². The average molecular weight is 398 g/mol. The Morgan fingerprint density at radius 3 is 2.46 bits per heavy atom. The molecule has 28 heavy (non-hydrogen) atoms. The van der Waals surface area contributed by atoms with E-state index >= 15 is 0 Å². The second kappa shape index (κ2) is 8.22.